The lowest BCUT2D eigenvalue weighted by molar-refractivity contribution is -0.00253. The minimum Gasteiger partial charge on any atom is -0.377 e. The van der Waals surface area contributed by atoms with Crippen LogP contribution in [-0.2, 0) is 4.74 Å². The number of nitrogens with one attached hydrogen (secondary N) is 1. The number of hydrogen-bond donors (Lipinski definition) is 1. The zero-order chi connectivity index (χ0) is 13.7. The zero-order valence-corrected chi connectivity index (χ0v) is 13.0. The maximum absolute atomic E-state index is 6.07. The van der Waals surface area contributed by atoms with Gasteiger partial charge < -0.3 is 10.1 Å². The second-order valence-electron chi connectivity index (χ2n) is 6.45. The van der Waals surface area contributed by atoms with Crippen molar-refractivity contribution < 1.29 is 4.74 Å². The van der Waals surface area contributed by atoms with Gasteiger partial charge in [-0.1, -0.05) is 26.2 Å². The molecule has 3 nitrogen and oxygen atoms in total. The molecule has 1 heterocycles. The van der Waals surface area contributed by atoms with E-state index in [-0.39, 0.29) is 0 Å². The molecule has 1 N–H and O–H groups in total. The summed E-state index contributed by atoms with van der Waals surface area (Å²) in [6.45, 7) is 7.99. The maximum Gasteiger partial charge on any atom is 0.0597 e. The lowest BCUT2D eigenvalue weighted by Crippen LogP contribution is -2.53. The van der Waals surface area contributed by atoms with Crippen LogP contribution in [0.2, 0.25) is 0 Å². The average molecular weight is 268 g/mol. The summed E-state index contributed by atoms with van der Waals surface area (Å²) in [6, 6.07) is 1.35. The van der Waals surface area contributed by atoms with E-state index in [0.29, 0.717) is 18.2 Å². The first-order valence-corrected chi connectivity index (χ1v) is 8.25. The van der Waals surface area contributed by atoms with Crippen LogP contribution in [-0.4, -0.2) is 49.8 Å². The van der Waals surface area contributed by atoms with Gasteiger partial charge in [0.1, 0.15) is 0 Å². The van der Waals surface area contributed by atoms with Crippen LogP contribution >= 0.6 is 0 Å². The third-order valence-electron chi connectivity index (χ3n) is 5.35. The van der Waals surface area contributed by atoms with Crippen LogP contribution in [0.1, 0.15) is 52.4 Å². The molecule has 0 aromatic carbocycles. The van der Waals surface area contributed by atoms with Gasteiger partial charge in [-0.15, -0.1) is 0 Å². The molecule has 112 valence electrons. The lowest BCUT2D eigenvalue weighted by atomic mass is 9.87. The molecule has 1 aliphatic heterocycles. The Kier molecular flexibility index (Phi) is 6.11. The fourth-order valence-corrected chi connectivity index (χ4v) is 3.73. The summed E-state index contributed by atoms with van der Waals surface area (Å²) in [5.41, 5.74) is 0. The van der Waals surface area contributed by atoms with E-state index in [4.69, 9.17) is 4.74 Å². The van der Waals surface area contributed by atoms with Crippen LogP contribution in [0.15, 0.2) is 0 Å². The van der Waals surface area contributed by atoms with Gasteiger partial charge in [-0.25, -0.2) is 0 Å². The second-order valence-corrected chi connectivity index (χ2v) is 6.45. The van der Waals surface area contributed by atoms with Crippen molar-refractivity contribution in [2.45, 2.75) is 70.6 Å². The number of hydrogen-bond acceptors (Lipinski definition) is 3. The van der Waals surface area contributed by atoms with Gasteiger partial charge in [-0.3, -0.25) is 4.90 Å². The smallest absolute Gasteiger partial charge is 0.0597 e. The van der Waals surface area contributed by atoms with Gasteiger partial charge in [0.2, 0.25) is 0 Å². The van der Waals surface area contributed by atoms with Gasteiger partial charge in [0, 0.05) is 25.2 Å². The number of rotatable bonds is 5. The number of ether oxygens (including phenoxy) is 1. The Bertz CT molecular complexity index is 253. The summed E-state index contributed by atoms with van der Waals surface area (Å²) >= 11 is 0. The van der Waals surface area contributed by atoms with E-state index in [9.17, 15) is 0 Å². The van der Waals surface area contributed by atoms with Crippen LogP contribution < -0.4 is 5.32 Å². The summed E-state index contributed by atoms with van der Waals surface area (Å²) in [5, 5.41) is 3.45. The van der Waals surface area contributed by atoms with E-state index in [1.807, 2.05) is 0 Å². The molecule has 0 aromatic rings. The standard InChI is InChI=1S/C16H32N2O/c1-13-14(2)18(10-9-16(13)17-3)11-12-19-15-7-5-4-6-8-15/h13-17H,4-12H2,1-3H3. The average Bonchev–Trinajstić information content (AvgIpc) is 2.45. The molecule has 0 spiro atoms. The largest absolute Gasteiger partial charge is 0.377 e. The van der Waals surface area contributed by atoms with Gasteiger partial charge in [0.05, 0.1) is 12.7 Å². The molecule has 3 atom stereocenters. The first-order valence-electron chi connectivity index (χ1n) is 8.25. The van der Waals surface area contributed by atoms with Gasteiger partial charge in [0.15, 0.2) is 0 Å². The predicted octanol–water partition coefficient (Wildman–Crippen LogP) is 2.65. The predicted molar refractivity (Wildman–Crippen MR) is 80.5 cm³/mol. The molecule has 0 bridgehead atoms. The van der Waals surface area contributed by atoms with Crippen molar-refractivity contribution >= 4 is 0 Å². The lowest BCUT2D eigenvalue weighted by Gasteiger charge is -2.42. The van der Waals surface area contributed by atoms with Crippen LogP contribution in [0.25, 0.3) is 0 Å². The van der Waals surface area contributed by atoms with E-state index < -0.39 is 0 Å². The molecule has 2 aliphatic rings. The van der Waals surface area contributed by atoms with Crippen molar-refractivity contribution in [2.75, 3.05) is 26.7 Å². The van der Waals surface area contributed by atoms with Crippen molar-refractivity contribution in [3.63, 3.8) is 0 Å². The molecule has 0 aromatic heterocycles. The summed E-state index contributed by atoms with van der Waals surface area (Å²) in [7, 11) is 2.09. The normalized spacial score (nSPS) is 34.6. The Morgan fingerprint density at radius 1 is 1.11 bits per heavy atom. The van der Waals surface area contributed by atoms with E-state index in [2.05, 4.69) is 31.1 Å². The summed E-state index contributed by atoms with van der Waals surface area (Å²) in [6.07, 6.45) is 8.53. The van der Waals surface area contributed by atoms with E-state index in [1.54, 1.807) is 0 Å². The third kappa shape index (κ3) is 4.17. The molecular formula is C16H32N2O. The summed E-state index contributed by atoms with van der Waals surface area (Å²) in [5.74, 6) is 0.730. The molecule has 1 saturated carbocycles. The van der Waals surface area contributed by atoms with Crippen molar-refractivity contribution in [2.24, 2.45) is 5.92 Å². The number of piperidine rings is 1. The molecule has 0 amide bonds. The second kappa shape index (κ2) is 7.61. The first-order chi connectivity index (χ1) is 9.22. The highest BCUT2D eigenvalue weighted by Crippen LogP contribution is 2.24. The molecular weight excluding hydrogens is 236 g/mol. The minimum absolute atomic E-state index is 0.552. The minimum atomic E-state index is 0.552. The monoisotopic (exact) mass is 268 g/mol. The van der Waals surface area contributed by atoms with Gasteiger partial charge in [-0.05, 0) is 39.2 Å². The van der Waals surface area contributed by atoms with Crippen LogP contribution in [0, 0.1) is 5.92 Å². The fourth-order valence-electron chi connectivity index (χ4n) is 3.73. The molecule has 0 radical (unpaired) electrons. The Hall–Kier alpha value is -0.120. The van der Waals surface area contributed by atoms with Gasteiger partial charge in [-0.2, -0.15) is 0 Å². The van der Waals surface area contributed by atoms with E-state index in [1.165, 1.54) is 45.1 Å². The first kappa shape index (κ1) is 15.3. The highest BCUT2D eigenvalue weighted by atomic mass is 16.5. The van der Waals surface area contributed by atoms with Crippen molar-refractivity contribution in [1.82, 2.24) is 10.2 Å². The van der Waals surface area contributed by atoms with Crippen molar-refractivity contribution in [3.05, 3.63) is 0 Å². The molecule has 2 fully saturated rings. The molecule has 3 heteroatoms. The van der Waals surface area contributed by atoms with Crippen LogP contribution in [0.4, 0.5) is 0 Å². The number of likely N-dealkylation sites (tertiary alicyclic amines) is 1. The Balaban J connectivity index is 1.68. The highest BCUT2D eigenvalue weighted by Gasteiger charge is 2.31. The highest BCUT2D eigenvalue weighted by molar-refractivity contribution is 4.87. The SMILES string of the molecule is CNC1CCN(CCOC2CCCCC2)C(C)C1C. The number of nitrogens with zero attached hydrogens (tertiary/aromatic N) is 1. The summed E-state index contributed by atoms with van der Waals surface area (Å²) < 4.78 is 6.07. The van der Waals surface area contributed by atoms with Crippen LogP contribution in [0.3, 0.4) is 0 Å². The zero-order valence-electron chi connectivity index (χ0n) is 13.0. The molecule has 19 heavy (non-hydrogen) atoms. The van der Waals surface area contributed by atoms with Crippen molar-refractivity contribution in [3.8, 4) is 0 Å². The Labute approximate surface area is 119 Å². The Morgan fingerprint density at radius 2 is 1.84 bits per heavy atom. The molecule has 3 unspecified atom stereocenters. The van der Waals surface area contributed by atoms with Gasteiger partial charge >= 0.3 is 0 Å². The van der Waals surface area contributed by atoms with Crippen molar-refractivity contribution in [1.29, 1.82) is 0 Å². The third-order valence-corrected chi connectivity index (χ3v) is 5.35. The van der Waals surface area contributed by atoms with Crippen LogP contribution in [0.5, 0.6) is 0 Å². The van der Waals surface area contributed by atoms with E-state index >= 15 is 0 Å². The quantitative estimate of drug-likeness (QED) is 0.829. The molecule has 1 saturated heterocycles. The van der Waals surface area contributed by atoms with Gasteiger partial charge in [0.25, 0.3) is 0 Å². The fraction of sp³-hybridized carbons (Fsp3) is 1.00. The Morgan fingerprint density at radius 3 is 2.53 bits per heavy atom. The summed E-state index contributed by atoms with van der Waals surface area (Å²) in [4.78, 5) is 2.61. The molecule has 2 rings (SSSR count). The van der Waals surface area contributed by atoms with E-state index in [0.717, 1.165) is 19.1 Å². The maximum atomic E-state index is 6.07. The molecule has 1 aliphatic carbocycles. The topological polar surface area (TPSA) is 24.5 Å².